The van der Waals surface area contributed by atoms with Crippen LogP contribution in [0.2, 0.25) is 0 Å². The number of rotatable bonds is 1. The molecule has 0 heterocycles. The molecule has 0 aliphatic heterocycles. The monoisotopic (exact) mass is 139 g/mol. The lowest BCUT2D eigenvalue weighted by Crippen LogP contribution is -2.22. The lowest BCUT2D eigenvalue weighted by Gasteiger charge is -2.34. The molecule has 1 rings (SSSR count). The molecule has 0 bridgehead atoms. The Bertz CT molecular complexity index is 103. The van der Waals surface area contributed by atoms with E-state index in [0.717, 1.165) is 5.92 Å². The Labute approximate surface area is 65.0 Å². The van der Waals surface area contributed by atoms with Crippen molar-refractivity contribution < 1.29 is 0 Å². The zero-order valence-corrected chi connectivity index (χ0v) is 7.48. The van der Waals surface area contributed by atoms with Gasteiger partial charge in [-0.15, -0.1) is 0 Å². The van der Waals surface area contributed by atoms with Crippen LogP contribution in [0.15, 0.2) is 0 Å². The van der Waals surface area contributed by atoms with Crippen molar-refractivity contribution in [3.63, 3.8) is 0 Å². The fourth-order valence-corrected chi connectivity index (χ4v) is 2.04. The van der Waals surface area contributed by atoms with Crippen LogP contribution in [0.5, 0.6) is 0 Å². The highest BCUT2D eigenvalue weighted by atomic mass is 14.3. The molecule has 1 saturated carbocycles. The number of hydrogen-bond donors (Lipinski definition) is 0. The van der Waals surface area contributed by atoms with Crippen LogP contribution in [0, 0.1) is 17.8 Å². The van der Waals surface area contributed by atoms with Gasteiger partial charge in [-0.3, -0.25) is 0 Å². The van der Waals surface area contributed by atoms with Gasteiger partial charge in [0.15, 0.2) is 0 Å². The van der Waals surface area contributed by atoms with Crippen LogP contribution in [0.3, 0.4) is 0 Å². The van der Waals surface area contributed by atoms with E-state index in [9.17, 15) is 0 Å². The van der Waals surface area contributed by atoms with Gasteiger partial charge in [0.25, 0.3) is 0 Å². The lowest BCUT2D eigenvalue weighted by molar-refractivity contribution is 0.198. The molecule has 1 atom stereocenters. The van der Waals surface area contributed by atoms with Crippen molar-refractivity contribution in [2.45, 2.75) is 46.5 Å². The molecule has 1 fully saturated rings. The first-order valence-corrected chi connectivity index (χ1v) is 4.43. The molecule has 0 aromatic heterocycles. The highest BCUT2D eigenvalue weighted by molar-refractivity contribution is 4.84. The Kier molecular flexibility index (Phi) is 2.38. The Hall–Kier alpha value is 0. The molecular formula is C10H19. The van der Waals surface area contributed by atoms with E-state index in [1.165, 1.54) is 25.7 Å². The van der Waals surface area contributed by atoms with Crippen LogP contribution in [-0.2, 0) is 0 Å². The van der Waals surface area contributed by atoms with E-state index in [0.29, 0.717) is 5.41 Å². The van der Waals surface area contributed by atoms with Crippen LogP contribution in [0.4, 0.5) is 0 Å². The van der Waals surface area contributed by atoms with Gasteiger partial charge in [-0.05, 0) is 30.6 Å². The molecular weight excluding hydrogens is 120 g/mol. The minimum atomic E-state index is 0.620. The van der Waals surface area contributed by atoms with E-state index < -0.39 is 0 Å². The molecule has 0 N–H and O–H groups in total. The summed E-state index contributed by atoms with van der Waals surface area (Å²) in [7, 11) is 0. The SMILES string of the molecule is C[CH][C@@H]1CCCC(C)(C)C1. The predicted molar refractivity (Wildman–Crippen MR) is 45.7 cm³/mol. The summed E-state index contributed by atoms with van der Waals surface area (Å²) in [6.45, 7) is 6.98. The standard InChI is InChI=1S/C10H19/c1-4-9-6-5-7-10(2,3)8-9/h4,9H,5-8H2,1-3H3/t9-/m1/s1. The summed E-state index contributed by atoms with van der Waals surface area (Å²) >= 11 is 0. The molecule has 1 aliphatic carbocycles. The molecule has 1 aliphatic rings. The maximum Gasteiger partial charge on any atom is -0.0351 e. The van der Waals surface area contributed by atoms with Gasteiger partial charge in [-0.25, -0.2) is 0 Å². The Morgan fingerprint density at radius 1 is 1.40 bits per heavy atom. The second kappa shape index (κ2) is 2.94. The van der Waals surface area contributed by atoms with Gasteiger partial charge in [0.1, 0.15) is 0 Å². The van der Waals surface area contributed by atoms with Gasteiger partial charge in [-0.1, -0.05) is 33.6 Å². The zero-order chi connectivity index (χ0) is 7.61. The van der Waals surface area contributed by atoms with Crippen LogP contribution >= 0.6 is 0 Å². The summed E-state index contributed by atoms with van der Waals surface area (Å²) in [6.07, 6.45) is 8.07. The van der Waals surface area contributed by atoms with E-state index in [4.69, 9.17) is 0 Å². The van der Waals surface area contributed by atoms with E-state index >= 15 is 0 Å². The summed E-state index contributed by atoms with van der Waals surface area (Å²) in [4.78, 5) is 0. The topological polar surface area (TPSA) is 0 Å². The minimum Gasteiger partial charge on any atom is -0.0620 e. The van der Waals surface area contributed by atoms with E-state index in [-0.39, 0.29) is 0 Å². The molecule has 10 heavy (non-hydrogen) atoms. The normalized spacial score (nSPS) is 32.1. The molecule has 0 aromatic rings. The third kappa shape index (κ3) is 2.00. The first-order valence-electron chi connectivity index (χ1n) is 4.43. The van der Waals surface area contributed by atoms with Crippen molar-refractivity contribution >= 4 is 0 Å². The maximum atomic E-state index is 2.39. The molecule has 59 valence electrons. The van der Waals surface area contributed by atoms with E-state index in [1.54, 1.807) is 0 Å². The van der Waals surface area contributed by atoms with Gasteiger partial charge >= 0.3 is 0 Å². The molecule has 0 saturated heterocycles. The zero-order valence-electron chi connectivity index (χ0n) is 7.48. The van der Waals surface area contributed by atoms with Gasteiger partial charge in [-0.2, -0.15) is 0 Å². The second-order valence-corrected chi connectivity index (χ2v) is 4.35. The van der Waals surface area contributed by atoms with Crippen LogP contribution in [-0.4, -0.2) is 0 Å². The first-order chi connectivity index (χ1) is 4.64. The van der Waals surface area contributed by atoms with Crippen molar-refractivity contribution in [2.75, 3.05) is 0 Å². The van der Waals surface area contributed by atoms with Crippen molar-refractivity contribution in [3.8, 4) is 0 Å². The number of hydrogen-bond acceptors (Lipinski definition) is 0. The quantitative estimate of drug-likeness (QED) is 0.522. The summed E-state index contributed by atoms with van der Waals surface area (Å²) in [6, 6.07) is 0. The van der Waals surface area contributed by atoms with Gasteiger partial charge in [0.2, 0.25) is 0 Å². The summed E-state index contributed by atoms with van der Waals surface area (Å²) in [5, 5.41) is 0. The third-order valence-corrected chi connectivity index (χ3v) is 2.71. The fourth-order valence-electron chi connectivity index (χ4n) is 2.04. The molecule has 0 spiro atoms. The van der Waals surface area contributed by atoms with Crippen LogP contribution < -0.4 is 0 Å². The highest BCUT2D eigenvalue weighted by Gasteiger charge is 2.26. The van der Waals surface area contributed by atoms with Gasteiger partial charge < -0.3 is 0 Å². The van der Waals surface area contributed by atoms with Crippen molar-refractivity contribution in [1.82, 2.24) is 0 Å². The Balaban J connectivity index is 2.40. The predicted octanol–water partition coefficient (Wildman–Crippen LogP) is 3.43. The molecule has 1 radical (unpaired) electrons. The summed E-state index contributed by atoms with van der Waals surface area (Å²) in [5.74, 6) is 0.906. The van der Waals surface area contributed by atoms with Crippen LogP contribution in [0.25, 0.3) is 0 Å². The van der Waals surface area contributed by atoms with Crippen molar-refractivity contribution in [1.29, 1.82) is 0 Å². The minimum absolute atomic E-state index is 0.620. The molecule has 0 aromatic carbocycles. The molecule has 0 nitrogen and oxygen atoms in total. The smallest absolute Gasteiger partial charge is 0.0351 e. The lowest BCUT2D eigenvalue weighted by atomic mass is 9.71. The average molecular weight is 139 g/mol. The largest absolute Gasteiger partial charge is 0.0620 e. The van der Waals surface area contributed by atoms with E-state index in [2.05, 4.69) is 27.2 Å². The average Bonchev–Trinajstić information content (AvgIpc) is 1.86. The molecule has 0 amide bonds. The Morgan fingerprint density at radius 2 is 2.10 bits per heavy atom. The Morgan fingerprint density at radius 3 is 2.50 bits per heavy atom. The first kappa shape index (κ1) is 8.10. The molecule has 0 heteroatoms. The van der Waals surface area contributed by atoms with Crippen molar-refractivity contribution in [2.24, 2.45) is 11.3 Å². The maximum absolute atomic E-state index is 2.39. The van der Waals surface area contributed by atoms with Crippen molar-refractivity contribution in [3.05, 3.63) is 6.42 Å². The van der Waals surface area contributed by atoms with Gasteiger partial charge in [0.05, 0.1) is 0 Å². The second-order valence-electron chi connectivity index (χ2n) is 4.35. The summed E-state index contributed by atoms with van der Waals surface area (Å²) in [5.41, 5.74) is 0.620. The van der Waals surface area contributed by atoms with Crippen LogP contribution in [0.1, 0.15) is 46.5 Å². The molecule has 0 unspecified atom stereocenters. The highest BCUT2D eigenvalue weighted by Crippen LogP contribution is 2.39. The third-order valence-electron chi connectivity index (χ3n) is 2.71. The fraction of sp³-hybridized carbons (Fsp3) is 0.900. The van der Waals surface area contributed by atoms with E-state index in [1.807, 2.05) is 0 Å². The summed E-state index contributed by atoms with van der Waals surface area (Å²) < 4.78 is 0. The van der Waals surface area contributed by atoms with Gasteiger partial charge in [0, 0.05) is 0 Å².